The molecule has 13 heteroatoms. The van der Waals surface area contributed by atoms with Crippen LogP contribution in [-0.4, -0.2) is 23.6 Å². The molecule has 1 N–H and O–H groups in total. The van der Waals surface area contributed by atoms with Gasteiger partial charge in [0.05, 0.1) is 23.9 Å². The van der Waals surface area contributed by atoms with Crippen LogP contribution in [0.1, 0.15) is 15.9 Å². The van der Waals surface area contributed by atoms with Crippen LogP contribution in [0.2, 0.25) is 5.15 Å². The molecule has 6 nitrogen and oxygen atoms in total. The predicted molar refractivity (Wildman–Crippen MR) is 120 cm³/mol. The van der Waals surface area contributed by atoms with Crippen molar-refractivity contribution >= 4 is 34.9 Å². The molecule has 2 aromatic heterocycles. The minimum absolute atomic E-state index is 0.00134. The Kier molecular flexibility index (Phi) is 6.78. The molecule has 0 aliphatic carbocycles. The molecule has 4 rings (SSSR count). The lowest BCUT2D eigenvalue weighted by Gasteiger charge is -2.13. The summed E-state index contributed by atoms with van der Waals surface area (Å²) in [4.78, 5) is 23.8. The Balaban J connectivity index is 1.74. The first kappa shape index (κ1) is 25.9. The van der Waals surface area contributed by atoms with E-state index in [4.69, 9.17) is 16.3 Å². The highest BCUT2D eigenvalue weighted by molar-refractivity contribution is 6.31. The van der Waals surface area contributed by atoms with E-state index in [1.807, 2.05) is 0 Å². The standard InChI is InChI=1S/C24H13ClF6N2O4/c1-36-23(35)37-19-7-6-13-8-15(24(29,30)31)20(33(13)21(19)25)11-2-4-12(5-3-11)32-22(34)14-9-17(27)18(28)10-16(14)26/h2-10H,1H3,(H,32,34). The van der Waals surface area contributed by atoms with Gasteiger partial charge in [-0.1, -0.05) is 23.7 Å². The molecule has 0 aliphatic rings. The van der Waals surface area contributed by atoms with E-state index in [2.05, 4.69) is 10.1 Å². The van der Waals surface area contributed by atoms with Crippen molar-refractivity contribution in [3.8, 4) is 17.0 Å². The first-order valence-electron chi connectivity index (χ1n) is 10.1. The molecular weight excluding hydrogens is 530 g/mol. The largest absolute Gasteiger partial charge is 0.513 e. The molecule has 2 heterocycles. The van der Waals surface area contributed by atoms with Crippen molar-refractivity contribution in [1.82, 2.24) is 4.40 Å². The van der Waals surface area contributed by atoms with Gasteiger partial charge in [-0.15, -0.1) is 0 Å². The highest BCUT2D eigenvalue weighted by atomic mass is 35.5. The summed E-state index contributed by atoms with van der Waals surface area (Å²) in [5, 5.41) is 1.91. The normalized spacial score (nSPS) is 11.5. The summed E-state index contributed by atoms with van der Waals surface area (Å²) in [6, 6.07) is 8.78. The van der Waals surface area contributed by atoms with Crippen molar-refractivity contribution in [1.29, 1.82) is 0 Å². The third-order valence-electron chi connectivity index (χ3n) is 5.17. The number of halogens is 7. The van der Waals surface area contributed by atoms with Gasteiger partial charge in [-0.3, -0.25) is 9.20 Å². The third-order valence-corrected chi connectivity index (χ3v) is 5.53. The lowest BCUT2D eigenvalue weighted by atomic mass is 10.1. The maximum atomic E-state index is 13.9. The molecule has 0 fully saturated rings. The number of fused-ring (bicyclic) bond motifs is 1. The first-order chi connectivity index (χ1) is 17.4. The van der Waals surface area contributed by atoms with E-state index in [1.54, 1.807) is 0 Å². The van der Waals surface area contributed by atoms with E-state index in [1.165, 1.54) is 36.4 Å². The number of methoxy groups -OCH3 is 1. The maximum Gasteiger partial charge on any atom is 0.513 e. The summed E-state index contributed by atoms with van der Waals surface area (Å²) >= 11 is 6.28. The van der Waals surface area contributed by atoms with E-state index in [9.17, 15) is 35.9 Å². The van der Waals surface area contributed by atoms with Crippen molar-refractivity contribution in [3.63, 3.8) is 0 Å². The second kappa shape index (κ2) is 9.69. The lowest BCUT2D eigenvalue weighted by Crippen LogP contribution is -2.14. The minimum Gasteiger partial charge on any atom is -0.437 e. The number of alkyl halides is 3. The van der Waals surface area contributed by atoms with Crippen LogP contribution < -0.4 is 10.1 Å². The van der Waals surface area contributed by atoms with E-state index in [-0.39, 0.29) is 33.7 Å². The van der Waals surface area contributed by atoms with Gasteiger partial charge in [0.25, 0.3) is 5.91 Å². The van der Waals surface area contributed by atoms with Crippen LogP contribution in [0.15, 0.2) is 54.6 Å². The van der Waals surface area contributed by atoms with Crippen molar-refractivity contribution in [2.75, 3.05) is 12.4 Å². The topological polar surface area (TPSA) is 69.0 Å². The molecule has 1 amide bonds. The van der Waals surface area contributed by atoms with Gasteiger partial charge in [-0.05, 0) is 42.0 Å². The molecule has 192 valence electrons. The number of aromatic nitrogens is 1. The zero-order chi connectivity index (χ0) is 27.1. The molecule has 0 atom stereocenters. The Bertz CT molecular complexity index is 1530. The molecule has 37 heavy (non-hydrogen) atoms. The van der Waals surface area contributed by atoms with Gasteiger partial charge >= 0.3 is 12.3 Å². The number of pyridine rings is 1. The van der Waals surface area contributed by atoms with Crippen molar-refractivity contribution < 1.29 is 45.4 Å². The van der Waals surface area contributed by atoms with Crippen LogP contribution in [0.3, 0.4) is 0 Å². The smallest absolute Gasteiger partial charge is 0.437 e. The van der Waals surface area contributed by atoms with Crippen LogP contribution in [0.25, 0.3) is 16.8 Å². The number of carbonyl (C=O) groups is 2. The van der Waals surface area contributed by atoms with Crippen molar-refractivity contribution in [3.05, 3.63) is 88.3 Å². The first-order valence-corrected chi connectivity index (χ1v) is 10.5. The second-order valence-corrected chi connectivity index (χ2v) is 7.84. The average Bonchev–Trinajstić information content (AvgIpc) is 3.24. The van der Waals surface area contributed by atoms with Gasteiger partial charge in [0.15, 0.2) is 22.5 Å². The zero-order valence-corrected chi connectivity index (χ0v) is 19.2. The Morgan fingerprint density at radius 2 is 1.57 bits per heavy atom. The van der Waals surface area contributed by atoms with E-state index in [0.717, 1.165) is 17.6 Å². The summed E-state index contributed by atoms with van der Waals surface area (Å²) in [7, 11) is 1.04. The maximum absolute atomic E-state index is 13.9. The van der Waals surface area contributed by atoms with E-state index >= 15 is 0 Å². The number of nitrogens with one attached hydrogen (secondary N) is 1. The monoisotopic (exact) mass is 542 g/mol. The summed E-state index contributed by atoms with van der Waals surface area (Å²) in [6.07, 6.45) is -5.94. The highest BCUT2D eigenvalue weighted by Crippen LogP contribution is 2.42. The number of anilines is 1. The van der Waals surface area contributed by atoms with Gasteiger partial charge < -0.3 is 14.8 Å². The molecule has 0 radical (unpaired) electrons. The quantitative estimate of drug-likeness (QED) is 0.129. The molecule has 0 saturated heterocycles. The number of nitrogens with zero attached hydrogens (tertiary/aromatic N) is 1. The third kappa shape index (κ3) is 5.05. The van der Waals surface area contributed by atoms with Gasteiger partial charge in [0, 0.05) is 17.3 Å². The highest BCUT2D eigenvalue weighted by Gasteiger charge is 2.37. The van der Waals surface area contributed by atoms with Gasteiger partial charge in [0.2, 0.25) is 0 Å². The summed E-state index contributed by atoms with van der Waals surface area (Å²) in [6.45, 7) is 0. The number of hydrogen-bond acceptors (Lipinski definition) is 4. The molecule has 4 aromatic rings. The Labute approximate surface area is 209 Å². The van der Waals surface area contributed by atoms with E-state index in [0.29, 0.717) is 6.07 Å². The number of benzene rings is 2. The number of rotatable bonds is 4. The average molecular weight is 543 g/mol. The fourth-order valence-corrected chi connectivity index (χ4v) is 3.80. The van der Waals surface area contributed by atoms with Crippen LogP contribution in [0.4, 0.5) is 36.8 Å². The van der Waals surface area contributed by atoms with Gasteiger partial charge in [-0.25, -0.2) is 18.0 Å². The summed E-state index contributed by atoms with van der Waals surface area (Å²) < 4.78 is 92.4. The van der Waals surface area contributed by atoms with Gasteiger partial charge in [-0.2, -0.15) is 13.2 Å². The summed E-state index contributed by atoms with van der Waals surface area (Å²) in [5.74, 6) is -5.58. The number of carbonyl (C=O) groups excluding carboxylic acids is 2. The summed E-state index contributed by atoms with van der Waals surface area (Å²) in [5.41, 5.74) is -2.16. The fourth-order valence-electron chi connectivity index (χ4n) is 3.52. The molecular formula is C24H13ClF6N2O4. The zero-order valence-electron chi connectivity index (χ0n) is 18.4. The lowest BCUT2D eigenvalue weighted by molar-refractivity contribution is -0.137. The van der Waals surface area contributed by atoms with Crippen LogP contribution >= 0.6 is 11.6 Å². The minimum atomic E-state index is -4.80. The van der Waals surface area contributed by atoms with E-state index < -0.39 is 52.5 Å². The Morgan fingerprint density at radius 3 is 2.19 bits per heavy atom. The predicted octanol–water partition coefficient (Wildman–Crippen LogP) is 7.09. The van der Waals surface area contributed by atoms with Crippen molar-refractivity contribution in [2.45, 2.75) is 6.18 Å². The number of amides is 1. The fraction of sp³-hybridized carbons (Fsp3) is 0.0833. The second-order valence-electron chi connectivity index (χ2n) is 7.49. The molecule has 0 spiro atoms. The van der Waals surface area contributed by atoms with Crippen LogP contribution in [-0.2, 0) is 10.9 Å². The molecule has 0 aliphatic heterocycles. The van der Waals surface area contributed by atoms with Gasteiger partial charge in [0.1, 0.15) is 5.82 Å². The Morgan fingerprint density at radius 1 is 0.919 bits per heavy atom. The molecule has 0 saturated carbocycles. The van der Waals surface area contributed by atoms with Crippen LogP contribution in [0, 0.1) is 17.5 Å². The van der Waals surface area contributed by atoms with Crippen LogP contribution in [0.5, 0.6) is 5.75 Å². The SMILES string of the molecule is COC(=O)Oc1ccc2cc(C(F)(F)F)c(-c3ccc(NC(=O)c4cc(F)c(F)cc4F)cc3)n2c1Cl. The number of ether oxygens (including phenoxy) is 2. The molecule has 2 aromatic carbocycles. The Hall–Kier alpha value is -4.19. The molecule has 0 unspecified atom stereocenters. The number of hydrogen-bond donors (Lipinski definition) is 1. The molecule has 0 bridgehead atoms. The van der Waals surface area contributed by atoms with Crippen molar-refractivity contribution in [2.24, 2.45) is 0 Å².